The normalized spacial score (nSPS) is 15.4. The number of carboxylic acid groups (broad SMARTS) is 1. The maximum absolute atomic E-state index is 14.4. The topological polar surface area (TPSA) is 643 Å². The van der Waals surface area contributed by atoms with Gasteiger partial charge in [-0.05, 0) is 82.0 Å². The molecule has 0 radical (unpaired) electrons. The standard InChI is InChI=1S/C58H94N16O22/c1-8-27(4)45(73-50(88)34(11-9-10-20-59)65-52(90)37(22-42(61)82)67-48(86)28(5)63-30(7)79)57(95)71-38(23-75)53(91)68-36(21-31-12-14-32(80)15-13-31)51(89)66-35(16-18-41(60)81)49(87)69-39(24-76)54(92)72-44(26(2)3)56(94)70-40(25-77)55(93)74-46(29(6)78)58(96)64-33(47(62)85)17-19-43(83)84/h12-15,26-29,33-40,44-46,75-78,80H,8-11,16-25,59H2,1-7H3,(H2,60,81)(H2,61,82)(H2,62,85)(H,63,79)(H,64,96)(H,65,90)(H,66,89)(H,67,86)(H,68,91)(H,69,87)(H,70,94)(H,71,95)(H,72,92)(H,73,88)(H,74,93)(H,83,84)/t27-,28-,29+,33-,34-,35-,36-,37-,38-,39-,40-,44-,45-,46-/m0/s1. The Balaban J connectivity index is 3.55. The Labute approximate surface area is 552 Å². The van der Waals surface area contributed by atoms with E-state index in [1.807, 2.05) is 0 Å². The van der Waals surface area contributed by atoms with Crippen molar-refractivity contribution in [3.8, 4) is 5.75 Å². The first kappa shape index (κ1) is 84.4. The van der Waals surface area contributed by atoms with Crippen molar-refractivity contribution in [2.75, 3.05) is 26.4 Å². The highest BCUT2D eigenvalue weighted by Crippen LogP contribution is 2.15. The number of nitrogens with one attached hydrogen (secondary N) is 12. The fraction of sp³-hybridized carbons (Fsp3) is 0.621. The second-order valence-electron chi connectivity index (χ2n) is 23.0. The van der Waals surface area contributed by atoms with Gasteiger partial charge in [0, 0.05) is 26.2 Å². The molecule has 0 aliphatic carbocycles. The van der Waals surface area contributed by atoms with Gasteiger partial charge in [-0.2, -0.15) is 0 Å². The van der Waals surface area contributed by atoms with E-state index in [9.17, 15) is 102 Å². The largest absolute Gasteiger partial charge is 0.508 e. The van der Waals surface area contributed by atoms with Crippen LogP contribution in [0.3, 0.4) is 0 Å². The summed E-state index contributed by atoms with van der Waals surface area (Å²) in [5, 5.41) is 88.0. The van der Waals surface area contributed by atoms with E-state index in [2.05, 4.69) is 63.8 Å². The molecule has 0 saturated heterocycles. The van der Waals surface area contributed by atoms with Gasteiger partial charge >= 0.3 is 5.97 Å². The predicted octanol–water partition coefficient (Wildman–Crippen LogP) is -9.53. The zero-order valence-electron chi connectivity index (χ0n) is 54.4. The molecule has 0 fully saturated rings. The third-order valence-electron chi connectivity index (χ3n) is 14.6. The first-order valence-electron chi connectivity index (χ1n) is 30.6. The summed E-state index contributed by atoms with van der Waals surface area (Å²) in [7, 11) is 0. The molecule has 538 valence electrons. The van der Waals surface area contributed by atoms with Crippen LogP contribution in [0, 0.1) is 11.8 Å². The SMILES string of the molecule is CC[C@H](C)[C@H](NC(=O)[C@H](CCCCN)NC(=O)[C@H](CC(N)=O)NC(=O)[C@H](C)NC(C)=O)C(=O)N[C@@H](CO)C(=O)N[C@@H](Cc1ccc(O)cc1)C(=O)N[C@@H](CCC(N)=O)C(=O)N[C@@H](CO)C(=O)N[C@H](C(=O)N[C@@H](CO)C(=O)N[C@H](C(=O)N[C@@H](CCC(=O)O)C(N)=O)[C@@H](C)O)C(C)C. The van der Waals surface area contributed by atoms with E-state index in [4.69, 9.17) is 28.0 Å². The number of nitrogens with two attached hydrogens (primary N) is 4. The van der Waals surface area contributed by atoms with Crippen molar-refractivity contribution in [2.45, 2.75) is 191 Å². The average Bonchev–Trinajstić information content (AvgIpc) is 0.892. The molecule has 0 aliphatic heterocycles. The lowest BCUT2D eigenvalue weighted by Gasteiger charge is -2.29. The number of carbonyl (C=O) groups is 16. The van der Waals surface area contributed by atoms with Gasteiger partial charge in [0.05, 0.1) is 32.3 Å². The quantitative estimate of drug-likeness (QED) is 0.0270. The summed E-state index contributed by atoms with van der Waals surface area (Å²) in [5.41, 5.74) is 22.0. The van der Waals surface area contributed by atoms with Crippen molar-refractivity contribution in [3.05, 3.63) is 29.8 Å². The summed E-state index contributed by atoms with van der Waals surface area (Å²) in [6, 6.07) is -15.0. The minimum absolute atomic E-state index is 0.0948. The van der Waals surface area contributed by atoms with Crippen LogP contribution in [0.2, 0.25) is 0 Å². The summed E-state index contributed by atoms with van der Waals surface area (Å²) in [6.07, 6.45) is -4.45. The van der Waals surface area contributed by atoms with Crippen molar-refractivity contribution in [3.63, 3.8) is 0 Å². The Morgan fingerprint density at radius 2 is 0.844 bits per heavy atom. The number of aliphatic carboxylic acids is 1. The summed E-state index contributed by atoms with van der Waals surface area (Å²) < 4.78 is 0. The number of aromatic hydroxyl groups is 1. The lowest BCUT2D eigenvalue weighted by Crippen LogP contribution is -2.63. The second-order valence-corrected chi connectivity index (χ2v) is 23.0. The third-order valence-corrected chi connectivity index (χ3v) is 14.6. The molecule has 0 bridgehead atoms. The van der Waals surface area contributed by atoms with Crippen LogP contribution in [-0.2, 0) is 83.1 Å². The van der Waals surface area contributed by atoms with Gasteiger partial charge in [0.1, 0.15) is 78.3 Å². The van der Waals surface area contributed by atoms with Crippen LogP contribution in [-0.4, -0.2) is 230 Å². The van der Waals surface area contributed by atoms with Crippen LogP contribution in [0.4, 0.5) is 0 Å². The number of aliphatic hydroxyl groups excluding tert-OH is 4. The van der Waals surface area contributed by atoms with E-state index in [1.165, 1.54) is 45.0 Å². The fourth-order valence-electron chi connectivity index (χ4n) is 8.88. The molecule has 0 saturated carbocycles. The van der Waals surface area contributed by atoms with Crippen molar-refractivity contribution in [2.24, 2.45) is 34.8 Å². The Hall–Kier alpha value is -9.66. The zero-order valence-corrected chi connectivity index (χ0v) is 54.4. The number of hydrogen-bond donors (Lipinski definition) is 22. The lowest BCUT2D eigenvalue weighted by molar-refractivity contribution is -0.139. The number of hydrogen-bond acceptors (Lipinski definition) is 22. The van der Waals surface area contributed by atoms with E-state index in [0.717, 1.165) is 13.8 Å². The van der Waals surface area contributed by atoms with Gasteiger partial charge < -0.3 is 117 Å². The summed E-state index contributed by atoms with van der Waals surface area (Å²) in [5.74, 6) is -19.4. The van der Waals surface area contributed by atoms with Crippen LogP contribution in [0.5, 0.6) is 5.75 Å². The molecule has 26 N–H and O–H groups in total. The van der Waals surface area contributed by atoms with E-state index in [-0.39, 0.29) is 37.1 Å². The van der Waals surface area contributed by atoms with Gasteiger partial charge in [-0.3, -0.25) is 76.7 Å². The van der Waals surface area contributed by atoms with E-state index >= 15 is 0 Å². The van der Waals surface area contributed by atoms with Gasteiger partial charge in [-0.1, -0.05) is 46.2 Å². The molecule has 1 rings (SSSR count). The second kappa shape index (κ2) is 42.6. The molecule has 14 atom stereocenters. The van der Waals surface area contributed by atoms with Gasteiger partial charge in [-0.25, -0.2) is 0 Å². The average molecular weight is 1370 g/mol. The van der Waals surface area contributed by atoms with Crippen molar-refractivity contribution < 1.29 is 107 Å². The van der Waals surface area contributed by atoms with Crippen LogP contribution >= 0.6 is 0 Å². The summed E-state index contributed by atoms with van der Waals surface area (Å²) >= 11 is 0. The van der Waals surface area contributed by atoms with Gasteiger partial charge in [0.15, 0.2) is 0 Å². The molecule has 0 spiro atoms. The number of carbonyl (C=O) groups excluding carboxylic acids is 15. The number of phenols is 1. The Morgan fingerprint density at radius 1 is 0.448 bits per heavy atom. The van der Waals surface area contributed by atoms with Crippen LogP contribution in [0.1, 0.15) is 112 Å². The molecule has 38 nitrogen and oxygen atoms in total. The lowest BCUT2D eigenvalue weighted by atomic mass is 9.97. The summed E-state index contributed by atoms with van der Waals surface area (Å²) in [6.45, 7) is 6.19. The van der Waals surface area contributed by atoms with Crippen LogP contribution < -0.4 is 86.7 Å². The predicted molar refractivity (Wildman–Crippen MR) is 335 cm³/mol. The first-order chi connectivity index (χ1) is 44.9. The highest BCUT2D eigenvalue weighted by atomic mass is 16.4. The maximum atomic E-state index is 14.4. The molecule has 38 heteroatoms. The number of unbranched alkanes of at least 4 members (excludes halogenated alkanes) is 1. The number of amides is 15. The first-order valence-corrected chi connectivity index (χ1v) is 30.6. The number of benzene rings is 1. The maximum Gasteiger partial charge on any atom is 0.303 e. The molecular weight excluding hydrogens is 1270 g/mol. The Morgan fingerprint density at radius 3 is 1.30 bits per heavy atom. The molecule has 0 unspecified atom stereocenters. The number of phenolic OH excluding ortho intramolecular Hbond substituents is 1. The minimum Gasteiger partial charge on any atom is -0.508 e. The van der Waals surface area contributed by atoms with Gasteiger partial charge in [0.25, 0.3) is 0 Å². The van der Waals surface area contributed by atoms with Crippen LogP contribution in [0.15, 0.2) is 24.3 Å². The van der Waals surface area contributed by atoms with Crippen LogP contribution in [0.25, 0.3) is 0 Å². The van der Waals surface area contributed by atoms with Crippen molar-refractivity contribution in [1.29, 1.82) is 0 Å². The van der Waals surface area contributed by atoms with E-state index < -0.39 is 243 Å². The smallest absolute Gasteiger partial charge is 0.303 e. The molecule has 0 aliphatic rings. The molecule has 0 heterocycles. The molecular formula is C58H94N16O22. The van der Waals surface area contributed by atoms with Gasteiger partial charge in [-0.15, -0.1) is 0 Å². The minimum atomic E-state index is -1.96. The van der Waals surface area contributed by atoms with Crippen molar-refractivity contribution in [1.82, 2.24) is 63.8 Å². The third kappa shape index (κ3) is 30.2. The summed E-state index contributed by atoms with van der Waals surface area (Å²) in [4.78, 5) is 210. The monoisotopic (exact) mass is 1370 g/mol. The van der Waals surface area contributed by atoms with E-state index in [1.54, 1.807) is 13.8 Å². The van der Waals surface area contributed by atoms with E-state index in [0.29, 0.717) is 6.42 Å². The molecule has 1 aromatic carbocycles. The molecule has 15 amide bonds. The molecule has 1 aromatic rings. The van der Waals surface area contributed by atoms with Gasteiger partial charge in [0.2, 0.25) is 88.6 Å². The molecule has 96 heavy (non-hydrogen) atoms. The number of primary amides is 3. The number of carboxylic acids is 1. The molecule has 0 aromatic heterocycles. The Kier molecular flexibility index (Phi) is 37.5. The number of rotatable bonds is 45. The van der Waals surface area contributed by atoms with Crippen molar-refractivity contribution >= 4 is 94.6 Å². The Bertz CT molecular complexity index is 2880. The number of aliphatic hydroxyl groups is 4. The zero-order chi connectivity index (χ0) is 73.3. The highest BCUT2D eigenvalue weighted by molar-refractivity contribution is 6.00. The fourth-order valence-corrected chi connectivity index (χ4v) is 8.88. The highest BCUT2D eigenvalue weighted by Gasteiger charge is 2.39.